The number of nitrogen functional groups attached to an aromatic ring is 1. The Balaban J connectivity index is 2.87. The summed E-state index contributed by atoms with van der Waals surface area (Å²) < 4.78 is 7.15. The fraction of sp³-hybridized carbons (Fsp3) is 0.556. The first-order valence-corrected chi connectivity index (χ1v) is 5.56. The molecule has 0 aliphatic rings. The first-order chi connectivity index (χ1) is 7.10. The van der Waals surface area contributed by atoms with Crippen molar-refractivity contribution in [1.29, 1.82) is 0 Å². The molecule has 2 N–H and O–H groups in total. The van der Waals surface area contributed by atoms with Crippen LogP contribution in [0.25, 0.3) is 0 Å². The summed E-state index contributed by atoms with van der Waals surface area (Å²) in [5.74, 6) is 0.0905. The largest absolute Gasteiger partial charge is 0.464 e. The van der Waals surface area contributed by atoms with Crippen LogP contribution in [-0.2, 0) is 9.53 Å². The second-order valence-electron chi connectivity index (χ2n) is 3.02. The van der Waals surface area contributed by atoms with Gasteiger partial charge in [0.1, 0.15) is 6.04 Å². The summed E-state index contributed by atoms with van der Waals surface area (Å²) in [6, 6.07) is -0.404. The van der Waals surface area contributed by atoms with Crippen molar-refractivity contribution < 1.29 is 9.53 Å². The van der Waals surface area contributed by atoms with Crippen LogP contribution in [0, 0.1) is 0 Å². The molecular weight excluding hydrogens is 262 g/mol. The quantitative estimate of drug-likeness (QED) is 0.850. The number of hydrogen-bond donors (Lipinski definition) is 1. The Hall–Kier alpha value is -1.04. The highest BCUT2D eigenvalue weighted by atomic mass is 79.9. The molecule has 0 saturated heterocycles. The highest BCUT2D eigenvalue weighted by Crippen LogP contribution is 2.21. The zero-order valence-corrected chi connectivity index (χ0v) is 10.3. The lowest BCUT2D eigenvalue weighted by Gasteiger charge is -2.13. The lowest BCUT2D eigenvalue weighted by Crippen LogP contribution is -2.21. The van der Waals surface area contributed by atoms with E-state index in [-0.39, 0.29) is 5.97 Å². The van der Waals surface area contributed by atoms with E-state index in [2.05, 4.69) is 21.0 Å². The number of nitrogens with two attached hydrogens (primary N) is 1. The summed E-state index contributed by atoms with van der Waals surface area (Å²) in [6.07, 6.45) is 2.30. The highest BCUT2D eigenvalue weighted by Gasteiger charge is 2.21. The van der Waals surface area contributed by atoms with E-state index in [0.717, 1.165) is 0 Å². The fourth-order valence-electron chi connectivity index (χ4n) is 1.24. The third kappa shape index (κ3) is 2.71. The van der Waals surface area contributed by atoms with Crippen LogP contribution < -0.4 is 5.73 Å². The van der Waals surface area contributed by atoms with E-state index in [9.17, 15) is 4.79 Å². The molecular formula is C9H14BrN3O2. The number of hydrogen-bond acceptors (Lipinski definition) is 4. The van der Waals surface area contributed by atoms with E-state index in [1.807, 2.05) is 6.92 Å². The standard InChI is InChI=1S/C9H14BrN3O2/c1-3-7(9(14)15-4-2)13-5-6(10)8(11)12-13/h5,7H,3-4H2,1-2H3,(H2,11,12). The first-order valence-electron chi connectivity index (χ1n) is 4.76. The molecule has 1 heterocycles. The average Bonchev–Trinajstić information content (AvgIpc) is 2.48. The third-order valence-electron chi connectivity index (χ3n) is 1.98. The number of carbonyl (C=O) groups is 1. The molecule has 0 radical (unpaired) electrons. The van der Waals surface area contributed by atoms with Gasteiger partial charge in [0.05, 0.1) is 11.1 Å². The van der Waals surface area contributed by atoms with Gasteiger partial charge in [0.2, 0.25) is 0 Å². The molecule has 1 unspecified atom stereocenters. The second kappa shape index (κ2) is 5.16. The molecule has 0 bridgehead atoms. The number of anilines is 1. The summed E-state index contributed by atoms with van der Waals surface area (Å²) in [6.45, 7) is 4.04. The highest BCUT2D eigenvalue weighted by molar-refractivity contribution is 9.10. The van der Waals surface area contributed by atoms with Crippen LogP contribution in [-0.4, -0.2) is 22.4 Å². The SMILES string of the molecule is CCOC(=O)C(CC)n1cc(Br)c(N)n1. The minimum atomic E-state index is -0.404. The number of halogens is 1. The minimum absolute atomic E-state index is 0.282. The lowest BCUT2D eigenvalue weighted by atomic mass is 10.2. The van der Waals surface area contributed by atoms with Crippen molar-refractivity contribution >= 4 is 27.7 Å². The van der Waals surface area contributed by atoms with Gasteiger partial charge in [-0.05, 0) is 29.3 Å². The van der Waals surface area contributed by atoms with Gasteiger partial charge in [-0.25, -0.2) is 4.79 Å². The van der Waals surface area contributed by atoms with Crippen LogP contribution in [0.1, 0.15) is 26.3 Å². The molecule has 0 amide bonds. The summed E-state index contributed by atoms with van der Waals surface area (Å²) in [7, 11) is 0. The van der Waals surface area contributed by atoms with Gasteiger partial charge in [0, 0.05) is 6.20 Å². The molecule has 6 heteroatoms. The van der Waals surface area contributed by atoms with Crippen molar-refractivity contribution in [3.8, 4) is 0 Å². The third-order valence-corrected chi connectivity index (χ3v) is 2.59. The average molecular weight is 276 g/mol. The van der Waals surface area contributed by atoms with Gasteiger partial charge in [-0.1, -0.05) is 6.92 Å². The molecule has 5 nitrogen and oxygen atoms in total. The van der Waals surface area contributed by atoms with Gasteiger partial charge < -0.3 is 10.5 Å². The Bertz CT molecular complexity index is 332. The smallest absolute Gasteiger partial charge is 0.330 e. The Labute approximate surface area is 96.7 Å². The van der Waals surface area contributed by atoms with Gasteiger partial charge >= 0.3 is 5.97 Å². The number of nitrogens with zero attached hydrogens (tertiary/aromatic N) is 2. The fourth-order valence-corrected chi connectivity index (χ4v) is 1.53. The Morgan fingerprint density at radius 1 is 1.73 bits per heavy atom. The lowest BCUT2D eigenvalue weighted by molar-refractivity contribution is -0.147. The van der Waals surface area contributed by atoms with E-state index in [0.29, 0.717) is 23.3 Å². The first kappa shape index (κ1) is 12.0. The Morgan fingerprint density at radius 3 is 2.80 bits per heavy atom. The summed E-state index contributed by atoms with van der Waals surface area (Å²) in [4.78, 5) is 11.6. The van der Waals surface area contributed by atoms with Crippen molar-refractivity contribution in [2.75, 3.05) is 12.3 Å². The van der Waals surface area contributed by atoms with Crippen LogP contribution in [0.4, 0.5) is 5.82 Å². The van der Waals surface area contributed by atoms with E-state index in [1.54, 1.807) is 13.1 Å². The maximum atomic E-state index is 11.6. The van der Waals surface area contributed by atoms with Gasteiger partial charge in [-0.15, -0.1) is 0 Å². The Kier molecular flexibility index (Phi) is 4.14. The molecule has 1 aromatic heterocycles. The maximum Gasteiger partial charge on any atom is 0.330 e. The van der Waals surface area contributed by atoms with Gasteiger partial charge in [0.25, 0.3) is 0 Å². The van der Waals surface area contributed by atoms with E-state index in [4.69, 9.17) is 10.5 Å². The van der Waals surface area contributed by atoms with Gasteiger partial charge in [0.15, 0.2) is 5.82 Å². The minimum Gasteiger partial charge on any atom is -0.464 e. The van der Waals surface area contributed by atoms with Crippen molar-refractivity contribution in [1.82, 2.24) is 9.78 Å². The van der Waals surface area contributed by atoms with Crippen LogP contribution in [0.3, 0.4) is 0 Å². The van der Waals surface area contributed by atoms with E-state index in [1.165, 1.54) is 4.68 Å². The van der Waals surface area contributed by atoms with Crippen LogP contribution in [0.15, 0.2) is 10.7 Å². The monoisotopic (exact) mass is 275 g/mol. The molecule has 0 fully saturated rings. The van der Waals surface area contributed by atoms with Crippen LogP contribution >= 0.6 is 15.9 Å². The van der Waals surface area contributed by atoms with Crippen LogP contribution in [0.5, 0.6) is 0 Å². The maximum absolute atomic E-state index is 11.6. The van der Waals surface area contributed by atoms with Crippen molar-refractivity contribution in [2.24, 2.45) is 0 Å². The molecule has 1 aromatic rings. The number of aromatic nitrogens is 2. The molecule has 1 rings (SSSR count). The van der Waals surface area contributed by atoms with Gasteiger partial charge in [-0.2, -0.15) is 5.10 Å². The summed E-state index contributed by atoms with van der Waals surface area (Å²) >= 11 is 3.24. The molecule has 0 aromatic carbocycles. The molecule has 84 valence electrons. The topological polar surface area (TPSA) is 70.1 Å². The predicted octanol–water partition coefficient (Wildman–Crippen LogP) is 1.74. The normalized spacial score (nSPS) is 12.5. The van der Waals surface area contributed by atoms with Crippen molar-refractivity contribution in [3.63, 3.8) is 0 Å². The molecule has 1 atom stereocenters. The predicted molar refractivity (Wildman–Crippen MR) is 60.3 cm³/mol. The molecule has 0 saturated carbocycles. The number of esters is 1. The van der Waals surface area contributed by atoms with Crippen LogP contribution in [0.2, 0.25) is 0 Å². The molecule has 0 aliphatic carbocycles. The Morgan fingerprint density at radius 2 is 2.40 bits per heavy atom. The summed E-state index contributed by atoms with van der Waals surface area (Å²) in [5.41, 5.74) is 5.58. The zero-order chi connectivity index (χ0) is 11.4. The number of carbonyl (C=O) groups excluding carboxylic acids is 1. The summed E-state index contributed by atoms with van der Waals surface area (Å²) in [5, 5.41) is 4.03. The number of ether oxygens (including phenoxy) is 1. The van der Waals surface area contributed by atoms with E-state index >= 15 is 0 Å². The van der Waals surface area contributed by atoms with Gasteiger partial charge in [-0.3, -0.25) is 4.68 Å². The van der Waals surface area contributed by atoms with Crippen molar-refractivity contribution in [2.45, 2.75) is 26.3 Å². The molecule has 0 aliphatic heterocycles. The second-order valence-corrected chi connectivity index (χ2v) is 3.87. The van der Waals surface area contributed by atoms with Crippen molar-refractivity contribution in [3.05, 3.63) is 10.7 Å². The molecule has 15 heavy (non-hydrogen) atoms. The van der Waals surface area contributed by atoms with E-state index < -0.39 is 6.04 Å². The molecule has 0 spiro atoms. The zero-order valence-electron chi connectivity index (χ0n) is 8.74. The number of rotatable bonds is 4.